The molecule has 0 fully saturated rings. The van der Waals surface area contributed by atoms with Crippen molar-refractivity contribution in [1.29, 1.82) is 0 Å². The number of hydrogen-bond donors (Lipinski definition) is 1. The van der Waals surface area contributed by atoms with E-state index in [-0.39, 0.29) is 11.6 Å². The molecule has 1 unspecified atom stereocenters. The van der Waals surface area contributed by atoms with E-state index < -0.39 is 17.5 Å². The Labute approximate surface area is 109 Å². The highest BCUT2D eigenvalue weighted by Gasteiger charge is 2.15. The van der Waals surface area contributed by atoms with E-state index in [9.17, 15) is 13.2 Å². The SMILES string of the molecule is CCNC(C)c1ccc(-c2cc(F)c(F)c(F)c2)o1. The molecule has 0 amide bonds. The van der Waals surface area contributed by atoms with Crippen LogP contribution in [0.1, 0.15) is 25.6 Å². The predicted octanol–water partition coefficient (Wildman–Crippen LogP) is 4.03. The van der Waals surface area contributed by atoms with E-state index in [1.165, 1.54) is 0 Å². The largest absolute Gasteiger partial charge is 0.459 e. The summed E-state index contributed by atoms with van der Waals surface area (Å²) in [5, 5.41) is 3.16. The van der Waals surface area contributed by atoms with Gasteiger partial charge in [-0.05, 0) is 37.7 Å². The summed E-state index contributed by atoms with van der Waals surface area (Å²) >= 11 is 0. The van der Waals surface area contributed by atoms with Crippen molar-refractivity contribution >= 4 is 0 Å². The Bertz CT molecular complexity index is 557. The lowest BCUT2D eigenvalue weighted by Crippen LogP contribution is -2.16. The third-order valence-electron chi connectivity index (χ3n) is 2.83. The van der Waals surface area contributed by atoms with Crippen LogP contribution in [0.4, 0.5) is 13.2 Å². The first-order valence-electron chi connectivity index (χ1n) is 6.01. The van der Waals surface area contributed by atoms with Crippen LogP contribution < -0.4 is 5.32 Å². The van der Waals surface area contributed by atoms with Crippen molar-refractivity contribution in [3.8, 4) is 11.3 Å². The van der Waals surface area contributed by atoms with E-state index in [2.05, 4.69) is 5.32 Å². The van der Waals surface area contributed by atoms with Crippen molar-refractivity contribution in [1.82, 2.24) is 5.32 Å². The Kier molecular flexibility index (Phi) is 3.95. The van der Waals surface area contributed by atoms with Crippen LogP contribution in [0, 0.1) is 17.5 Å². The molecule has 19 heavy (non-hydrogen) atoms. The van der Waals surface area contributed by atoms with Crippen LogP contribution >= 0.6 is 0 Å². The highest BCUT2D eigenvalue weighted by Crippen LogP contribution is 2.27. The summed E-state index contributed by atoms with van der Waals surface area (Å²) in [5.74, 6) is -2.98. The molecule has 0 radical (unpaired) electrons. The van der Waals surface area contributed by atoms with E-state index in [0.717, 1.165) is 18.7 Å². The minimum absolute atomic E-state index is 0.00566. The number of furan rings is 1. The lowest BCUT2D eigenvalue weighted by molar-refractivity contribution is 0.438. The Morgan fingerprint density at radius 3 is 2.37 bits per heavy atom. The first-order valence-corrected chi connectivity index (χ1v) is 6.01. The van der Waals surface area contributed by atoms with Crippen molar-refractivity contribution in [2.24, 2.45) is 0 Å². The third-order valence-corrected chi connectivity index (χ3v) is 2.83. The van der Waals surface area contributed by atoms with Gasteiger partial charge in [-0.25, -0.2) is 13.2 Å². The fourth-order valence-corrected chi connectivity index (χ4v) is 1.85. The van der Waals surface area contributed by atoms with Crippen LogP contribution in [0.5, 0.6) is 0 Å². The molecule has 0 bridgehead atoms. The maximum absolute atomic E-state index is 13.1. The molecule has 0 spiro atoms. The van der Waals surface area contributed by atoms with Crippen molar-refractivity contribution < 1.29 is 17.6 Å². The predicted molar refractivity (Wildman–Crippen MR) is 66.1 cm³/mol. The Balaban J connectivity index is 2.33. The summed E-state index contributed by atoms with van der Waals surface area (Å²) < 4.78 is 44.7. The zero-order chi connectivity index (χ0) is 14.0. The second kappa shape index (κ2) is 5.48. The van der Waals surface area contributed by atoms with Gasteiger partial charge in [-0.2, -0.15) is 0 Å². The molecule has 2 nitrogen and oxygen atoms in total. The summed E-state index contributed by atoms with van der Waals surface area (Å²) in [7, 11) is 0. The molecule has 1 aromatic carbocycles. The van der Waals surface area contributed by atoms with Crippen molar-refractivity contribution in [3.05, 3.63) is 47.5 Å². The van der Waals surface area contributed by atoms with E-state index in [1.807, 2.05) is 13.8 Å². The normalized spacial score (nSPS) is 12.7. The van der Waals surface area contributed by atoms with Crippen molar-refractivity contribution in [2.45, 2.75) is 19.9 Å². The molecule has 0 aliphatic carbocycles. The monoisotopic (exact) mass is 269 g/mol. The standard InChI is InChI=1S/C14H14F3NO/c1-3-18-8(2)12-4-5-13(19-12)9-6-10(15)14(17)11(16)7-9/h4-8,18H,3H2,1-2H3. The molecular formula is C14H14F3NO. The zero-order valence-corrected chi connectivity index (χ0v) is 10.6. The van der Waals surface area contributed by atoms with E-state index in [1.54, 1.807) is 12.1 Å². The van der Waals surface area contributed by atoms with Crippen molar-refractivity contribution in [3.63, 3.8) is 0 Å². The van der Waals surface area contributed by atoms with Gasteiger partial charge in [0, 0.05) is 5.56 Å². The quantitative estimate of drug-likeness (QED) is 0.847. The number of benzene rings is 1. The van der Waals surface area contributed by atoms with Gasteiger partial charge in [0.15, 0.2) is 17.5 Å². The number of halogens is 3. The molecule has 1 aromatic heterocycles. The summed E-state index contributed by atoms with van der Waals surface area (Å²) in [6, 6.07) is 5.16. The van der Waals surface area contributed by atoms with Gasteiger partial charge >= 0.3 is 0 Å². The van der Waals surface area contributed by atoms with Gasteiger partial charge < -0.3 is 9.73 Å². The van der Waals surface area contributed by atoms with E-state index >= 15 is 0 Å². The molecule has 1 atom stereocenters. The summed E-state index contributed by atoms with van der Waals surface area (Å²) in [6.07, 6.45) is 0. The lowest BCUT2D eigenvalue weighted by atomic mass is 10.1. The first kappa shape index (κ1) is 13.7. The Morgan fingerprint density at radius 2 is 1.79 bits per heavy atom. The minimum Gasteiger partial charge on any atom is -0.459 e. The van der Waals surface area contributed by atoms with Crippen LogP contribution in [-0.2, 0) is 0 Å². The lowest BCUT2D eigenvalue weighted by Gasteiger charge is -2.08. The summed E-state index contributed by atoms with van der Waals surface area (Å²) in [6.45, 7) is 4.65. The first-order chi connectivity index (χ1) is 9.02. The van der Waals surface area contributed by atoms with Gasteiger partial charge in [-0.15, -0.1) is 0 Å². The topological polar surface area (TPSA) is 25.2 Å². The second-order valence-corrected chi connectivity index (χ2v) is 4.24. The molecule has 0 saturated carbocycles. The molecule has 102 valence electrons. The van der Waals surface area contributed by atoms with Crippen LogP contribution in [0.25, 0.3) is 11.3 Å². The maximum Gasteiger partial charge on any atom is 0.194 e. The van der Waals surface area contributed by atoms with Crippen LogP contribution in [0.2, 0.25) is 0 Å². The van der Waals surface area contributed by atoms with Gasteiger partial charge in [0.2, 0.25) is 0 Å². The Morgan fingerprint density at radius 1 is 1.16 bits per heavy atom. The van der Waals surface area contributed by atoms with Gasteiger partial charge in [0.1, 0.15) is 11.5 Å². The van der Waals surface area contributed by atoms with Crippen LogP contribution in [0.15, 0.2) is 28.7 Å². The maximum atomic E-state index is 13.1. The highest BCUT2D eigenvalue weighted by atomic mass is 19.2. The molecule has 2 rings (SSSR count). The molecule has 0 aliphatic rings. The molecule has 0 saturated heterocycles. The number of hydrogen-bond acceptors (Lipinski definition) is 2. The summed E-state index contributed by atoms with van der Waals surface area (Å²) in [5.41, 5.74) is 0.173. The third kappa shape index (κ3) is 2.81. The zero-order valence-electron chi connectivity index (χ0n) is 10.6. The molecule has 5 heteroatoms. The molecule has 1 heterocycles. The van der Waals surface area contributed by atoms with Crippen LogP contribution in [-0.4, -0.2) is 6.54 Å². The Hall–Kier alpha value is -1.75. The van der Waals surface area contributed by atoms with Crippen molar-refractivity contribution in [2.75, 3.05) is 6.54 Å². The molecule has 1 N–H and O–H groups in total. The fourth-order valence-electron chi connectivity index (χ4n) is 1.85. The van der Waals surface area contributed by atoms with Gasteiger partial charge in [-0.3, -0.25) is 0 Å². The van der Waals surface area contributed by atoms with Gasteiger partial charge in [0.25, 0.3) is 0 Å². The molecular weight excluding hydrogens is 255 g/mol. The fraction of sp³-hybridized carbons (Fsp3) is 0.286. The second-order valence-electron chi connectivity index (χ2n) is 4.24. The summed E-state index contributed by atoms with van der Waals surface area (Å²) in [4.78, 5) is 0. The smallest absolute Gasteiger partial charge is 0.194 e. The molecule has 2 aromatic rings. The number of rotatable bonds is 4. The van der Waals surface area contributed by atoms with Crippen LogP contribution in [0.3, 0.4) is 0 Å². The van der Waals surface area contributed by atoms with Gasteiger partial charge in [-0.1, -0.05) is 6.92 Å². The van der Waals surface area contributed by atoms with E-state index in [0.29, 0.717) is 11.5 Å². The molecule has 0 aliphatic heterocycles. The average molecular weight is 269 g/mol. The van der Waals surface area contributed by atoms with Gasteiger partial charge in [0.05, 0.1) is 6.04 Å². The van der Waals surface area contributed by atoms with E-state index in [4.69, 9.17) is 4.42 Å². The highest BCUT2D eigenvalue weighted by molar-refractivity contribution is 5.58. The minimum atomic E-state index is -1.48. The number of nitrogens with one attached hydrogen (secondary N) is 1. The average Bonchev–Trinajstić information content (AvgIpc) is 2.85.